The average Bonchev–Trinajstić information content (AvgIpc) is 3.45. The van der Waals surface area contributed by atoms with Crippen LogP contribution in [0.1, 0.15) is 22.9 Å². The van der Waals surface area contributed by atoms with Crippen molar-refractivity contribution >= 4 is 34.9 Å². The van der Waals surface area contributed by atoms with Gasteiger partial charge >= 0.3 is 6.03 Å². The summed E-state index contributed by atoms with van der Waals surface area (Å²) in [6.45, 7) is 1.49. The minimum Gasteiger partial charge on any atom is -0.497 e. The number of nitrogens with one attached hydrogen (secondary N) is 1. The molecule has 0 saturated carbocycles. The van der Waals surface area contributed by atoms with Crippen LogP contribution in [-0.4, -0.2) is 36.4 Å². The van der Waals surface area contributed by atoms with E-state index < -0.39 is 29.9 Å². The van der Waals surface area contributed by atoms with E-state index in [-0.39, 0.29) is 0 Å². The molecule has 1 aliphatic heterocycles. The van der Waals surface area contributed by atoms with Crippen LogP contribution in [0.5, 0.6) is 5.75 Å². The zero-order chi connectivity index (χ0) is 24.3. The van der Waals surface area contributed by atoms with Crippen molar-refractivity contribution in [2.45, 2.75) is 19.0 Å². The highest BCUT2D eigenvalue weighted by atomic mass is 32.1. The number of thiophene rings is 1. The number of nitrogens with zero attached hydrogens (tertiary/aromatic N) is 3. The molecule has 2 heterocycles. The van der Waals surface area contributed by atoms with Crippen LogP contribution < -0.4 is 15.0 Å². The molecule has 4 rings (SSSR count). The van der Waals surface area contributed by atoms with Gasteiger partial charge in [0.15, 0.2) is 0 Å². The van der Waals surface area contributed by atoms with Crippen molar-refractivity contribution in [3.05, 3.63) is 82.0 Å². The standard InChI is InChI=1S/C25H22N4O4S/c1-25(18-7-5-17(14-26)6-8-18)23(31)29(24(32)27-25)16-22(30)28(15-21-4-3-13-34-21)19-9-11-20(33-2)12-10-19/h3-13H,15-16H2,1-2H3,(H,27,32). The molecule has 0 radical (unpaired) electrons. The van der Waals surface area contributed by atoms with Gasteiger partial charge < -0.3 is 15.0 Å². The molecule has 9 heteroatoms. The van der Waals surface area contributed by atoms with Crippen LogP contribution in [0.25, 0.3) is 0 Å². The number of carbonyl (C=O) groups excluding carboxylic acids is 3. The molecule has 1 unspecified atom stereocenters. The molecule has 0 spiro atoms. The summed E-state index contributed by atoms with van der Waals surface area (Å²) in [5, 5.41) is 13.6. The van der Waals surface area contributed by atoms with Gasteiger partial charge in [-0.1, -0.05) is 18.2 Å². The first kappa shape index (κ1) is 23.0. The molecule has 34 heavy (non-hydrogen) atoms. The predicted molar refractivity (Wildman–Crippen MR) is 127 cm³/mol. The van der Waals surface area contributed by atoms with Crippen molar-refractivity contribution in [2.24, 2.45) is 0 Å². The lowest BCUT2D eigenvalue weighted by Gasteiger charge is -2.25. The number of benzene rings is 2. The van der Waals surface area contributed by atoms with E-state index in [9.17, 15) is 14.4 Å². The van der Waals surface area contributed by atoms with E-state index in [1.807, 2.05) is 23.6 Å². The summed E-state index contributed by atoms with van der Waals surface area (Å²) in [7, 11) is 1.56. The van der Waals surface area contributed by atoms with E-state index >= 15 is 0 Å². The zero-order valence-corrected chi connectivity index (χ0v) is 19.5. The van der Waals surface area contributed by atoms with E-state index in [1.54, 1.807) is 67.5 Å². The third-order valence-corrected chi connectivity index (χ3v) is 6.60. The fourth-order valence-electron chi connectivity index (χ4n) is 3.78. The fraction of sp³-hybridized carbons (Fsp3) is 0.200. The number of urea groups is 1. The smallest absolute Gasteiger partial charge is 0.325 e. The lowest BCUT2D eigenvalue weighted by molar-refractivity contribution is -0.134. The van der Waals surface area contributed by atoms with E-state index in [0.717, 1.165) is 9.78 Å². The van der Waals surface area contributed by atoms with Crippen LogP contribution in [0.2, 0.25) is 0 Å². The van der Waals surface area contributed by atoms with Crippen LogP contribution in [0.3, 0.4) is 0 Å². The second-order valence-corrected chi connectivity index (χ2v) is 8.93. The molecule has 172 valence electrons. The van der Waals surface area contributed by atoms with Crippen molar-refractivity contribution in [2.75, 3.05) is 18.6 Å². The molecule has 1 N–H and O–H groups in total. The van der Waals surface area contributed by atoms with E-state index in [4.69, 9.17) is 10.00 Å². The first-order valence-corrected chi connectivity index (χ1v) is 11.3. The highest BCUT2D eigenvalue weighted by molar-refractivity contribution is 7.09. The summed E-state index contributed by atoms with van der Waals surface area (Å²) < 4.78 is 5.21. The summed E-state index contributed by atoms with van der Waals surface area (Å²) in [6, 6.07) is 18.6. The third-order valence-electron chi connectivity index (χ3n) is 5.74. The molecule has 0 aliphatic carbocycles. The molecule has 0 bridgehead atoms. The van der Waals surface area contributed by atoms with Crippen molar-refractivity contribution in [1.29, 1.82) is 5.26 Å². The monoisotopic (exact) mass is 474 g/mol. The number of hydrogen-bond acceptors (Lipinski definition) is 6. The molecule has 8 nitrogen and oxygen atoms in total. The first-order valence-electron chi connectivity index (χ1n) is 10.5. The molecular formula is C25H22N4O4S. The van der Waals surface area contributed by atoms with Crippen LogP contribution in [0.4, 0.5) is 10.5 Å². The quantitative estimate of drug-likeness (QED) is 0.527. The number of methoxy groups -OCH3 is 1. The Morgan fingerprint density at radius 1 is 1.15 bits per heavy atom. The number of hydrogen-bond donors (Lipinski definition) is 1. The van der Waals surface area contributed by atoms with Gasteiger partial charge in [-0.25, -0.2) is 4.79 Å². The van der Waals surface area contributed by atoms with Gasteiger partial charge in [-0.05, 0) is 60.3 Å². The van der Waals surface area contributed by atoms with Crippen LogP contribution in [0.15, 0.2) is 66.0 Å². The third kappa shape index (κ3) is 4.36. The highest BCUT2D eigenvalue weighted by Crippen LogP contribution is 2.30. The topological polar surface area (TPSA) is 103 Å². The van der Waals surface area contributed by atoms with E-state index in [1.165, 1.54) is 11.3 Å². The van der Waals surface area contributed by atoms with Gasteiger partial charge in [0, 0.05) is 10.6 Å². The maximum atomic E-state index is 13.4. The maximum absolute atomic E-state index is 13.4. The van der Waals surface area contributed by atoms with Gasteiger partial charge in [-0.2, -0.15) is 5.26 Å². The highest BCUT2D eigenvalue weighted by Gasteiger charge is 2.49. The number of nitriles is 1. The van der Waals surface area contributed by atoms with Crippen LogP contribution in [-0.2, 0) is 21.7 Å². The molecule has 1 atom stereocenters. The summed E-state index contributed by atoms with van der Waals surface area (Å²) in [5.74, 6) is -0.271. The summed E-state index contributed by atoms with van der Waals surface area (Å²) in [6.07, 6.45) is 0. The van der Waals surface area contributed by atoms with E-state index in [2.05, 4.69) is 5.32 Å². The minimum absolute atomic E-state index is 0.305. The van der Waals surface area contributed by atoms with Crippen LogP contribution in [0, 0.1) is 11.3 Å². The largest absolute Gasteiger partial charge is 0.497 e. The SMILES string of the molecule is COc1ccc(N(Cc2cccs2)C(=O)CN2C(=O)NC(C)(c3ccc(C#N)cc3)C2=O)cc1. The van der Waals surface area contributed by atoms with Gasteiger partial charge in [0.05, 0.1) is 25.3 Å². The van der Waals surface area contributed by atoms with Crippen molar-refractivity contribution in [1.82, 2.24) is 10.2 Å². The molecule has 1 fully saturated rings. The number of carbonyl (C=O) groups is 3. The van der Waals surface area contributed by atoms with Gasteiger partial charge in [-0.3, -0.25) is 14.5 Å². The summed E-state index contributed by atoms with van der Waals surface area (Å²) in [4.78, 5) is 42.9. The number of ether oxygens (including phenoxy) is 1. The number of anilines is 1. The number of rotatable bonds is 7. The predicted octanol–water partition coefficient (Wildman–Crippen LogP) is 3.63. The molecule has 2 aromatic carbocycles. The van der Waals surface area contributed by atoms with E-state index in [0.29, 0.717) is 29.1 Å². The Morgan fingerprint density at radius 2 is 1.85 bits per heavy atom. The molecular weight excluding hydrogens is 452 g/mol. The zero-order valence-electron chi connectivity index (χ0n) is 18.6. The maximum Gasteiger partial charge on any atom is 0.325 e. The van der Waals surface area contributed by atoms with Gasteiger partial charge in [0.25, 0.3) is 5.91 Å². The summed E-state index contributed by atoms with van der Waals surface area (Å²) in [5.41, 5.74) is 0.274. The molecule has 1 aliphatic rings. The van der Waals surface area contributed by atoms with Crippen LogP contribution >= 0.6 is 11.3 Å². The number of amides is 4. The Labute approximate surface area is 201 Å². The average molecular weight is 475 g/mol. The number of imide groups is 1. The van der Waals surface area contributed by atoms with Crippen molar-refractivity contribution < 1.29 is 19.1 Å². The van der Waals surface area contributed by atoms with Gasteiger partial charge in [-0.15, -0.1) is 11.3 Å². The lowest BCUT2D eigenvalue weighted by Crippen LogP contribution is -2.44. The normalized spacial score (nSPS) is 17.3. The Kier molecular flexibility index (Phi) is 6.34. The second kappa shape index (κ2) is 9.37. The van der Waals surface area contributed by atoms with Gasteiger partial charge in [0.2, 0.25) is 5.91 Å². The first-order chi connectivity index (χ1) is 16.4. The molecule has 4 amide bonds. The fourth-order valence-corrected chi connectivity index (χ4v) is 4.47. The molecule has 1 aromatic heterocycles. The Bertz CT molecular complexity index is 1250. The van der Waals surface area contributed by atoms with Crippen molar-refractivity contribution in [3.8, 4) is 11.8 Å². The minimum atomic E-state index is -1.33. The van der Waals surface area contributed by atoms with Gasteiger partial charge in [0.1, 0.15) is 17.8 Å². The second-order valence-electron chi connectivity index (χ2n) is 7.89. The van der Waals surface area contributed by atoms with Crippen molar-refractivity contribution in [3.63, 3.8) is 0 Å². The Balaban J connectivity index is 1.58. The molecule has 1 saturated heterocycles. The molecule has 3 aromatic rings. The Morgan fingerprint density at radius 3 is 2.44 bits per heavy atom. The summed E-state index contributed by atoms with van der Waals surface area (Å²) >= 11 is 1.51. The lowest BCUT2D eigenvalue weighted by atomic mass is 9.91. The Hall–Kier alpha value is -4.16.